The second-order valence-corrected chi connectivity index (χ2v) is 4.52. The van der Waals surface area contributed by atoms with Crippen molar-refractivity contribution in [2.24, 2.45) is 0 Å². The molecule has 1 unspecified atom stereocenters. The van der Waals surface area contributed by atoms with Gasteiger partial charge < -0.3 is 18.6 Å². The van der Waals surface area contributed by atoms with Crippen molar-refractivity contribution in [1.82, 2.24) is 0 Å². The Bertz CT molecular complexity index is 146. The van der Waals surface area contributed by atoms with E-state index in [1.54, 1.807) is 0 Å². The van der Waals surface area contributed by atoms with Gasteiger partial charge in [0.2, 0.25) is 0 Å². The van der Waals surface area contributed by atoms with E-state index in [0.29, 0.717) is 6.61 Å². The zero-order chi connectivity index (χ0) is 12.8. The third kappa shape index (κ3) is 12.3. The molecule has 0 saturated heterocycles. The molecule has 0 saturated carbocycles. The highest BCUT2D eigenvalue weighted by atomic mass is 28.2. The molecule has 0 bridgehead atoms. The molecule has 0 spiro atoms. The Morgan fingerprint density at radius 2 is 1.53 bits per heavy atom. The highest BCUT2D eigenvalue weighted by Crippen LogP contribution is 2.01. The average molecular weight is 264 g/mol. The van der Waals surface area contributed by atoms with Gasteiger partial charge in [-0.15, -0.1) is 0 Å². The molecule has 0 rings (SSSR count). The maximum Gasteiger partial charge on any atom is 0.180 e. The van der Waals surface area contributed by atoms with Crippen molar-refractivity contribution in [3.63, 3.8) is 0 Å². The summed E-state index contributed by atoms with van der Waals surface area (Å²) in [5.41, 5.74) is 0. The van der Waals surface area contributed by atoms with Crippen LogP contribution in [0.25, 0.3) is 0 Å². The predicted octanol–water partition coefficient (Wildman–Crippen LogP) is 1.26. The fourth-order valence-corrected chi connectivity index (χ4v) is 1.57. The van der Waals surface area contributed by atoms with Crippen LogP contribution >= 0.6 is 0 Å². The Labute approximate surface area is 109 Å². The van der Waals surface area contributed by atoms with E-state index in [1.165, 1.54) is 0 Å². The maximum absolute atomic E-state index is 5.65. The van der Waals surface area contributed by atoms with Gasteiger partial charge in [-0.25, -0.2) is 0 Å². The molecule has 0 aliphatic rings. The first-order valence-electron chi connectivity index (χ1n) is 6.65. The highest BCUT2D eigenvalue weighted by Gasteiger charge is 2.08. The van der Waals surface area contributed by atoms with Gasteiger partial charge in [0.1, 0.15) is 10.5 Å². The van der Waals surface area contributed by atoms with Gasteiger partial charge in [-0.1, -0.05) is 13.8 Å². The normalized spacial score (nSPS) is 13.1. The lowest BCUT2D eigenvalue weighted by Gasteiger charge is -2.18. The maximum atomic E-state index is 5.65. The summed E-state index contributed by atoms with van der Waals surface area (Å²) in [6.45, 7) is 7.78. The van der Waals surface area contributed by atoms with Crippen LogP contribution in [0, 0.1) is 0 Å². The van der Waals surface area contributed by atoms with Gasteiger partial charge in [-0.05, 0) is 25.7 Å². The minimum Gasteiger partial charge on any atom is -0.428 e. The lowest BCUT2D eigenvalue weighted by Crippen LogP contribution is -2.24. The van der Waals surface area contributed by atoms with Crippen LogP contribution in [0.1, 0.15) is 39.5 Å². The summed E-state index contributed by atoms with van der Waals surface area (Å²) >= 11 is 0. The van der Waals surface area contributed by atoms with Gasteiger partial charge in [-0.2, -0.15) is 0 Å². The van der Waals surface area contributed by atoms with Crippen LogP contribution in [0.3, 0.4) is 0 Å². The molecule has 0 aliphatic heterocycles. The summed E-state index contributed by atoms with van der Waals surface area (Å²) in [5, 5.41) is 0. The van der Waals surface area contributed by atoms with Crippen molar-refractivity contribution in [2.45, 2.75) is 45.8 Å². The molecule has 0 radical (unpaired) electrons. The van der Waals surface area contributed by atoms with Crippen LogP contribution in [-0.4, -0.2) is 49.8 Å². The van der Waals surface area contributed by atoms with E-state index in [0.717, 1.165) is 62.6 Å². The zero-order valence-corrected chi connectivity index (χ0v) is 13.6. The molecule has 17 heavy (non-hydrogen) atoms. The van der Waals surface area contributed by atoms with Crippen LogP contribution < -0.4 is 0 Å². The van der Waals surface area contributed by atoms with E-state index >= 15 is 0 Å². The highest BCUT2D eigenvalue weighted by molar-refractivity contribution is 5.97. The van der Waals surface area contributed by atoms with Crippen molar-refractivity contribution in [1.29, 1.82) is 0 Å². The SMILES string of the molecule is CCCOCC(OCCC)OCCCCO[SiH3]. The number of ether oxygens (including phenoxy) is 3. The van der Waals surface area contributed by atoms with E-state index in [2.05, 4.69) is 13.8 Å². The Kier molecular flexibility index (Phi) is 14.2. The smallest absolute Gasteiger partial charge is 0.180 e. The van der Waals surface area contributed by atoms with Crippen LogP contribution in [-0.2, 0) is 18.6 Å². The minimum absolute atomic E-state index is 0.210. The molecule has 0 aliphatic carbocycles. The Morgan fingerprint density at radius 1 is 0.882 bits per heavy atom. The second kappa shape index (κ2) is 14.1. The summed E-state index contributed by atoms with van der Waals surface area (Å²) in [6.07, 6.45) is 3.89. The van der Waals surface area contributed by atoms with Crippen molar-refractivity contribution >= 4 is 10.5 Å². The van der Waals surface area contributed by atoms with E-state index in [9.17, 15) is 0 Å². The topological polar surface area (TPSA) is 36.9 Å². The summed E-state index contributed by atoms with van der Waals surface area (Å²) in [6, 6.07) is 0. The molecule has 1 atom stereocenters. The molecule has 5 heteroatoms. The number of hydrogen-bond donors (Lipinski definition) is 0. The third-order valence-corrected chi connectivity index (χ3v) is 2.57. The minimum atomic E-state index is -0.210. The van der Waals surface area contributed by atoms with E-state index in [4.69, 9.17) is 18.6 Å². The van der Waals surface area contributed by atoms with Crippen molar-refractivity contribution in [2.75, 3.05) is 33.0 Å². The van der Waals surface area contributed by atoms with E-state index < -0.39 is 0 Å². The molecule has 0 fully saturated rings. The molecule has 0 heterocycles. The predicted molar refractivity (Wildman–Crippen MR) is 72.2 cm³/mol. The fraction of sp³-hybridized carbons (Fsp3) is 1.00. The summed E-state index contributed by atoms with van der Waals surface area (Å²) in [5.74, 6) is 0. The molecule has 0 aromatic rings. The zero-order valence-electron chi connectivity index (χ0n) is 11.6. The second-order valence-electron chi connectivity index (χ2n) is 3.95. The first-order chi connectivity index (χ1) is 8.35. The molecule has 0 aromatic carbocycles. The van der Waals surface area contributed by atoms with Gasteiger partial charge in [0, 0.05) is 26.4 Å². The number of unbranched alkanes of at least 4 members (excludes halogenated alkanes) is 1. The Morgan fingerprint density at radius 3 is 2.18 bits per heavy atom. The van der Waals surface area contributed by atoms with E-state index in [-0.39, 0.29) is 6.29 Å². The van der Waals surface area contributed by atoms with Crippen LogP contribution in [0.2, 0.25) is 0 Å². The van der Waals surface area contributed by atoms with E-state index in [1.807, 2.05) is 0 Å². The average Bonchev–Trinajstić information content (AvgIpc) is 2.35. The molecule has 0 aromatic heterocycles. The summed E-state index contributed by atoms with van der Waals surface area (Å²) in [4.78, 5) is 0. The molecule has 0 amide bonds. The lowest BCUT2D eigenvalue weighted by atomic mass is 10.3. The number of hydrogen-bond acceptors (Lipinski definition) is 4. The van der Waals surface area contributed by atoms with Gasteiger partial charge in [0.15, 0.2) is 6.29 Å². The largest absolute Gasteiger partial charge is 0.428 e. The first-order valence-corrected chi connectivity index (χ1v) is 7.46. The lowest BCUT2D eigenvalue weighted by molar-refractivity contribution is -0.173. The monoisotopic (exact) mass is 264 g/mol. The molecule has 104 valence electrons. The van der Waals surface area contributed by atoms with Crippen molar-refractivity contribution < 1.29 is 18.6 Å². The van der Waals surface area contributed by atoms with Gasteiger partial charge in [-0.3, -0.25) is 0 Å². The van der Waals surface area contributed by atoms with Gasteiger partial charge in [0.05, 0.1) is 6.61 Å². The molecular weight excluding hydrogens is 236 g/mol. The Balaban J connectivity index is 3.53. The fourth-order valence-electron chi connectivity index (χ4n) is 1.28. The van der Waals surface area contributed by atoms with Crippen LogP contribution in [0.4, 0.5) is 0 Å². The third-order valence-electron chi connectivity index (χ3n) is 2.16. The molecule has 0 N–H and O–H groups in total. The van der Waals surface area contributed by atoms with Gasteiger partial charge >= 0.3 is 0 Å². The summed E-state index contributed by atoms with van der Waals surface area (Å²) in [7, 11) is 0.821. The Hall–Kier alpha value is 0.0569. The molecule has 4 nitrogen and oxygen atoms in total. The standard InChI is InChI=1S/C12H28O4Si/c1-3-7-13-11-12(14-8-4-2)15-9-5-6-10-16-17/h12H,3-11H2,1-2,17H3. The van der Waals surface area contributed by atoms with Gasteiger partial charge in [0.25, 0.3) is 0 Å². The number of rotatable bonds is 13. The quantitative estimate of drug-likeness (QED) is 0.285. The van der Waals surface area contributed by atoms with Crippen LogP contribution in [0.5, 0.6) is 0 Å². The van der Waals surface area contributed by atoms with Crippen LogP contribution in [0.15, 0.2) is 0 Å². The first kappa shape index (κ1) is 17.1. The molecular formula is C12H28O4Si. The van der Waals surface area contributed by atoms with Crippen molar-refractivity contribution in [3.8, 4) is 0 Å². The van der Waals surface area contributed by atoms with Crippen molar-refractivity contribution in [3.05, 3.63) is 0 Å². The summed E-state index contributed by atoms with van der Waals surface area (Å²) < 4.78 is 21.8.